The van der Waals surface area contributed by atoms with E-state index in [0.717, 1.165) is 30.9 Å². The van der Waals surface area contributed by atoms with E-state index in [2.05, 4.69) is 30.7 Å². The molecule has 4 nitrogen and oxygen atoms in total. The first-order valence-corrected chi connectivity index (χ1v) is 8.20. The van der Waals surface area contributed by atoms with E-state index in [1.807, 2.05) is 47.9 Å². The van der Waals surface area contributed by atoms with Crippen LogP contribution in [-0.4, -0.2) is 46.5 Å². The summed E-state index contributed by atoms with van der Waals surface area (Å²) in [7, 11) is 0. The molecule has 122 valence electrons. The van der Waals surface area contributed by atoms with Crippen LogP contribution in [0.1, 0.15) is 38.6 Å². The van der Waals surface area contributed by atoms with E-state index in [1.165, 1.54) is 5.57 Å². The molecule has 1 fully saturated rings. The van der Waals surface area contributed by atoms with Crippen LogP contribution in [0.25, 0.3) is 0 Å². The number of hydrogen-bond acceptors (Lipinski definition) is 2. The Morgan fingerprint density at radius 3 is 2.91 bits per heavy atom. The molecule has 4 heteroatoms. The van der Waals surface area contributed by atoms with Crippen LogP contribution >= 0.6 is 0 Å². The minimum Gasteiger partial charge on any atom is -0.322 e. The fourth-order valence-corrected chi connectivity index (χ4v) is 2.69. The standard InChI is InChI=1S/C19H25N3O/c1-5-22(15(2)3)19(23)21-13-12-17(14-21)9-7-11-18-10-6-8-16(4)20-18/h6,8-10,15H,5,12-14H2,1-4H3/b17-9+. The lowest BCUT2D eigenvalue weighted by atomic mass is 10.2. The minimum absolute atomic E-state index is 0.124. The van der Waals surface area contributed by atoms with E-state index < -0.39 is 0 Å². The lowest BCUT2D eigenvalue weighted by molar-refractivity contribution is 0.153. The van der Waals surface area contributed by atoms with Crippen LogP contribution in [0.4, 0.5) is 4.79 Å². The molecule has 0 N–H and O–H groups in total. The van der Waals surface area contributed by atoms with Gasteiger partial charge in [-0.1, -0.05) is 12.0 Å². The normalized spacial score (nSPS) is 15.7. The van der Waals surface area contributed by atoms with E-state index in [1.54, 1.807) is 0 Å². The van der Waals surface area contributed by atoms with Crippen molar-refractivity contribution in [2.24, 2.45) is 0 Å². The number of aryl methyl sites for hydroxylation is 1. The third-order valence-corrected chi connectivity index (χ3v) is 3.94. The molecule has 1 aliphatic heterocycles. The van der Waals surface area contributed by atoms with Gasteiger partial charge in [-0.2, -0.15) is 0 Å². The van der Waals surface area contributed by atoms with Crippen molar-refractivity contribution in [2.45, 2.75) is 40.2 Å². The molecule has 0 aromatic carbocycles. The quantitative estimate of drug-likeness (QED) is 0.786. The minimum atomic E-state index is 0.124. The van der Waals surface area contributed by atoms with Gasteiger partial charge in [-0.3, -0.25) is 0 Å². The summed E-state index contributed by atoms with van der Waals surface area (Å²) in [6.45, 7) is 10.3. The average molecular weight is 311 g/mol. The van der Waals surface area contributed by atoms with Crippen LogP contribution in [0.5, 0.6) is 0 Å². The summed E-state index contributed by atoms with van der Waals surface area (Å²) in [4.78, 5) is 20.6. The Morgan fingerprint density at radius 1 is 1.48 bits per heavy atom. The van der Waals surface area contributed by atoms with Crippen molar-refractivity contribution in [1.29, 1.82) is 0 Å². The molecule has 0 radical (unpaired) electrons. The third-order valence-electron chi connectivity index (χ3n) is 3.94. The first-order valence-electron chi connectivity index (χ1n) is 8.20. The molecule has 23 heavy (non-hydrogen) atoms. The van der Waals surface area contributed by atoms with Gasteiger partial charge in [0.15, 0.2) is 0 Å². The van der Waals surface area contributed by atoms with Crippen LogP contribution in [0.15, 0.2) is 29.8 Å². The summed E-state index contributed by atoms with van der Waals surface area (Å²) in [5.74, 6) is 6.13. The Kier molecular flexibility index (Phi) is 5.81. The zero-order valence-electron chi connectivity index (χ0n) is 14.5. The fourth-order valence-electron chi connectivity index (χ4n) is 2.69. The second-order valence-corrected chi connectivity index (χ2v) is 6.07. The van der Waals surface area contributed by atoms with Gasteiger partial charge in [-0.25, -0.2) is 9.78 Å². The number of allylic oxidation sites excluding steroid dienone is 1. The summed E-state index contributed by atoms with van der Waals surface area (Å²) in [6.07, 6.45) is 2.83. The maximum Gasteiger partial charge on any atom is 0.320 e. The lowest BCUT2D eigenvalue weighted by Gasteiger charge is -2.29. The zero-order valence-corrected chi connectivity index (χ0v) is 14.5. The molecule has 1 saturated heterocycles. The number of likely N-dealkylation sites (tertiary alicyclic amines) is 1. The van der Waals surface area contributed by atoms with Gasteiger partial charge in [-0.05, 0) is 63.8 Å². The maximum absolute atomic E-state index is 12.5. The van der Waals surface area contributed by atoms with Gasteiger partial charge < -0.3 is 9.80 Å². The van der Waals surface area contributed by atoms with E-state index in [-0.39, 0.29) is 12.1 Å². The number of aromatic nitrogens is 1. The highest BCUT2D eigenvalue weighted by Crippen LogP contribution is 2.17. The van der Waals surface area contributed by atoms with E-state index >= 15 is 0 Å². The summed E-state index contributed by atoms with van der Waals surface area (Å²) in [5.41, 5.74) is 2.96. The smallest absolute Gasteiger partial charge is 0.320 e. The SMILES string of the molecule is CCN(C(=O)N1CC/C(=C\C#Cc2cccc(C)n2)C1)C(C)C. The molecule has 1 aliphatic rings. The number of urea groups is 1. The van der Waals surface area contributed by atoms with Gasteiger partial charge in [-0.15, -0.1) is 0 Å². The van der Waals surface area contributed by atoms with Gasteiger partial charge >= 0.3 is 6.03 Å². The highest BCUT2D eigenvalue weighted by atomic mass is 16.2. The van der Waals surface area contributed by atoms with E-state index in [0.29, 0.717) is 6.54 Å². The Labute approximate surface area is 139 Å². The van der Waals surface area contributed by atoms with Gasteiger partial charge in [0.25, 0.3) is 0 Å². The van der Waals surface area contributed by atoms with Crippen molar-refractivity contribution < 1.29 is 4.79 Å². The van der Waals surface area contributed by atoms with Crippen LogP contribution in [0.2, 0.25) is 0 Å². The van der Waals surface area contributed by atoms with Crippen LogP contribution < -0.4 is 0 Å². The van der Waals surface area contributed by atoms with Crippen molar-refractivity contribution in [3.05, 3.63) is 41.2 Å². The van der Waals surface area contributed by atoms with Crippen molar-refractivity contribution in [2.75, 3.05) is 19.6 Å². The monoisotopic (exact) mass is 311 g/mol. The molecule has 1 aromatic heterocycles. The number of rotatable bonds is 2. The predicted molar refractivity (Wildman–Crippen MR) is 93.0 cm³/mol. The number of pyridine rings is 1. The lowest BCUT2D eigenvalue weighted by Crippen LogP contribution is -2.45. The highest BCUT2D eigenvalue weighted by molar-refractivity contribution is 5.75. The summed E-state index contributed by atoms with van der Waals surface area (Å²) >= 11 is 0. The summed E-state index contributed by atoms with van der Waals surface area (Å²) in [6, 6.07) is 6.18. The van der Waals surface area contributed by atoms with Gasteiger partial charge in [0.05, 0.1) is 0 Å². The number of carbonyl (C=O) groups excluding carboxylic acids is 1. The van der Waals surface area contributed by atoms with Crippen LogP contribution in [0.3, 0.4) is 0 Å². The molecule has 0 aliphatic carbocycles. The molecule has 0 spiro atoms. The van der Waals surface area contributed by atoms with Crippen molar-refractivity contribution in [1.82, 2.24) is 14.8 Å². The molecule has 0 atom stereocenters. The molecular weight excluding hydrogens is 286 g/mol. The number of amides is 2. The highest BCUT2D eigenvalue weighted by Gasteiger charge is 2.26. The van der Waals surface area contributed by atoms with Gasteiger partial charge in [0.1, 0.15) is 5.69 Å². The molecule has 0 bridgehead atoms. The Morgan fingerprint density at radius 2 is 2.26 bits per heavy atom. The predicted octanol–water partition coefficient (Wildman–Crippen LogP) is 3.22. The molecule has 1 aromatic rings. The molecule has 2 rings (SSSR count). The number of carbonyl (C=O) groups is 1. The Bertz CT molecular complexity index is 652. The van der Waals surface area contributed by atoms with Crippen molar-refractivity contribution in [3.63, 3.8) is 0 Å². The second-order valence-electron chi connectivity index (χ2n) is 6.07. The largest absolute Gasteiger partial charge is 0.322 e. The van der Waals surface area contributed by atoms with E-state index in [4.69, 9.17) is 0 Å². The zero-order chi connectivity index (χ0) is 16.8. The third kappa shape index (κ3) is 4.59. The van der Waals surface area contributed by atoms with Crippen LogP contribution in [-0.2, 0) is 0 Å². The number of hydrogen-bond donors (Lipinski definition) is 0. The fraction of sp³-hybridized carbons (Fsp3) is 0.474. The first kappa shape index (κ1) is 17.1. The van der Waals surface area contributed by atoms with E-state index in [9.17, 15) is 4.79 Å². The Hall–Kier alpha value is -2.28. The van der Waals surface area contributed by atoms with Gasteiger partial charge in [0, 0.05) is 31.4 Å². The maximum atomic E-state index is 12.5. The molecule has 2 heterocycles. The second kappa shape index (κ2) is 7.82. The van der Waals surface area contributed by atoms with Gasteiger partial charge in [0.2, 0.25) is 0 Å². The summed E-state index contributed by atoms with van der Waals surface area (Å²) in [5, 5.41) is 0. The Balaban J connectivity index is 1.99. The first-order chi connectivity index (χ1) is 11.0. The molecular formula is C19H25N3O. The van der Waals surface area contributed by atoms with Crippen molar-refractivity contribution in [3.8, 4) is 11.8 Å². The van der Waals surface area contributed by atoms with Crippen molar-refractivity contribution >= 4 is 6.03 Å². The molecule has 2 amide bonds. The topological polar surface area (TPSA) is 36.4 Å². The molecule has 0 unspecified atom stereocenters. The summed E-state index contributed by atoms with van der Waals surface area (Å²) < 4.78 is 0. The average Bonchev–Trinajstić information content (AvgIpc) is 2.96. The number of nitrogens with zero attached hydrogens (tertiary/aromatic N) is 3. The van der Waals surface area contributed by atoms with Crippen LogP contribution in [0, 0.1) is 18.8 Å². The molecule has 0 saturated carbocycles.